The third-order valence-corrected chi connectivity index (χ3v) is 14.8. The van der Waals surface area contributed by atoms with Gasteiger partial charge in [0, 0.05) is 72.5 Å². The van der Waals surface area contributed by atoms with E-state index >= 15 is 0 Å². The predicted octanol–water partition coefficient (Wildman–Crippen LogP) is 3.06. The van der Waals surface area contributed by atoms with Crippen molar-refractivity contribution in [2.75, 3.05) is 82.9 Å². The number of carboxylic acids is 1. The number of ether oxygens (including phenoxy) is 4. The molecule has 4 rings (SSSR count). The number of nitrogens with zero attached hydrogens (tertiary/aromatic N) is 2. The maximum atomic E-state index is 12.3. The molecular weight excluding hydrogens is 949 g/mol. The molecule has 24 heteroatoms. The van der Waals surface area contributed by atoms with Crippen LogP contribution in [0.3, 0.4) is 0 Å². The van der Waals surface area contributed by atoms with Crippen molar-refractivity contribution in [1.82, 2.24) is 0 Å². The number of carbonyl (C=O) groups is 1. The SMILES string of the molecule is COCCOCCOCCOCCN1/C(=C/C=C/C2=[N+](CCCCCC(=O)O)c3ccc(S(=O)(=O)[O-])cc3C2(C)CCCS(=O)(=O)[O-])C(C)(CCCS(=O)(=O)[O-])c2cc(S(=O)(=O)[O-])ccc21. The molecule has 66 heavy (non-hydrogen) atoms. The summed E-state index contributed by atoms with van der Waals surface area (Å²) < 4.78 is 168. The highest BCUT2D eigenvalue weighted by atomic mass is 32.2. The van der Waals surface area contributed by atoms with Crippen LogP contribution in [0, 0.1) is 0 Å². The summed E-state index contributed by atoms with van der Waals surface area (Å²) in [4.78, 5) is 12.0. The predicted molar refractivity (Wildman–Crippen MR) is 236 cm³/mol. The Hall–Kier alpha value is -3.66. The lowest BCUT2D eigenvalue weighted by atomic mass is 9.75. The second kappa shape index (κ2) is 23.6. The summed E-state index contributed by atoms with van der Waals surface area (Å²) in [6.07, 6.45) is 5.94. The fourth-order valence-electron chi connectivity index (χ4n) is 8.38. The van der Waals surface area contributed by atoms with Crippen LogP contribution in [0.1, 0.15) is 76.3 Å². The number of hydrogen-bond acceptors (Lipinski definition) is 18. The van der Waals surface area contributed by atoms with E-state index < -0.39 is 78.6 Å². The van der Waals surface area contributed by atoms with Gasteiger partial charge in [0.2, 0.25) is 5.69 Å². The van der Waals surface area contributed by atoms with Gasteiger partial charge in [-0.05, 0) is 94.3 Å². The Morgan fingerprint density at radius 2 is 1.23 bits per heavy atom. The van der Waals surface area contributed by atoms with Gasteiger partial charge in [0.1, 0.15) is 26.8 Å². The molecular formula is C42H57N2O18S4-3. The van der Waals surface area contributed by atoms with Crippen LogP contribution >= 0.6 is 0 Å². The van der Waals surface area contributed by atoms with E-state index in [1.54, 1.807) is 39.2 Å². The molecule has 2 aromatic rings. The van der Waals surface area contributed by atoms with Crippen molar-refractivity contribution in [3.05, 3.63) is 71.5 Å². The quantitative estimate of drug-likeness (QED) is 0.0668. The molecule has 0 saturated carbocycles. The van der Waals surface area contributed by atoms with E-state index in [2.05, 4.69) is 0 Å². The summed E-state index contributed by atoms with van der Waals surface area (Å²) in [7, 11) is -17.7. The molecule has 20 nitrogen and oxygen atoms in total. The number of carboxylic acid groups (broad SMARTS) is 1. The van der Waals surface area contributed by atoms with Crippen LogP contribution in [0.15, 0.2) is 70.1 Å². The molecule has 2 heterocycles. The molecule has 0 spiro atoms. The number of rotatable bonds is 30. The van der Waals surface area contributed by atoms with Crippen LogP contribution in [0.2, 0.25) is 0 Å². The van der Waals surface area contributed by atoms with Gasteiger partial charge in [-0.1, -0.05) is 6.08 Å². The van der Waals surface area contributed by atoms with Gasteiger partial charge in [-0.2, -0.15) is 4.58 Å². The molecule has 2 aromatic carbocycles. The lowest BCUT2D eigenvalue weighted by Gasteiger charge is -2.31. The van der Waals surface area contributed by atoms with E-state index in [0.29, 0.717) is 79.6 Å². The van der Waals surface area contributed by atoms with Crippen molar-refractivity contribution in [1.29, 1.82) is 0 Å². The van der Waals surface area contributed by atoms with Crippen molar-refractivity contribution in [3.8, 4) is 0 Å². The number of aliphatic carboxylic acids is 1. The molecule has 2 aliphatic rings. The second-order valence-electron chi connectivity index (χ2n) is 16.3. The van der Waals surface area contributed by atoms with Crippen LogP contribution in [0.25, 0.3) is 0 Å². The van der Waals surface area contributed by atoms with E-state index in [1.807, 2.05) is 9.48 Å². The van der Waals surface area contributed by atoms with Gasteiger partial charge in [0.05, 0.1) is 81.7 Å². The maximum absolute atomic E-state index is 12.3. The average molecular weight is 1010 g/mol. The number of benzene rings is 2. The minimum atomic E-state index is -4.96. The minimum Gasteiger partial charge on any atom is -0.748 e. The summed E-state index contributed by atoms with van der Waals surface area (Å²) in [5, 5.41) is 9.19. The molecule has 0 fully saturated rings. The smallest absolute Gasteiger partial charge is 0.303 e. The summed E-state index contributed by atoms with van der Waals surface area (Å²) in [6, 6.07) is 7.67. The van der Waals surface area contributed by atoms with Gasteiger partial charge in [-0.25, -0.2) is 33.7 Å². The third kappa shape index (κ3) is 15.4. The number of fused-ring (bicyclic) bond motifs is 2. The topological polar surface area (TPSA) is 309 Å². The zero-order chi connectivity index (χ0) is 49.0. The second-order valence-corrected chi connectivity index (χ2v) is 22.1. The standard InChI is InChI=1S/C42H60N2O18S4/c1-41(17-8-28-63(47,48)49)34-30-32(65(53,54)55)13-15-36(34)43(19-6-4-5-12-40(45)46)38(41)10-7-11-39-42(2,18-9-29-64(50,51)52)35-31-33(66(56,57)58)14-16-37(35)44(39)20-21-60-24-25-62-27-26-61-23-22-59-3/h7,10-11,13-16,30-31H,4-6,8-9,12,17-29H2,1-3H3,(H4-,45,46,47,48,49,50,51,52,53,54,55,56,57,58)/p-3. The third-order valence-electron chi connectivity index (χ3n) is 11.6. The van der Waals surface area contributed by atoms with Crippen LogP contribution in [-0.4, -0.2) is 151 Å². The van der Waals surface area contributed by atoms with Gasteiger partial charge in [0.25, 0.3) is 0 Å². The first-order valence-corrected chi connectivity index (χ1v) is 27.1. The number of hydrogen-bond donors (Lipinski definition) is 1. The van der Waals surface area contributed by atoms with Crippen molar-refractivity contribution >= 4 is 63.5 Å². The van der Waals surface area contributed by atoms with E-state index in [9.17, 15) is 61.8 Å². The Labute approximate surface area is 387 Å². The van der Waals surface area contributed by atoms with Crippen molar-refractivity contribution in [2.24, 2.45) is 0 Å². The molecule has 0 aliphatic carbocycles. The molecule has 0 saturated heterocycles. The highest BCUT2D eigenvalue weighted by Crippen LogP contribution is 2.51. The van der Waals surface area contributed by atoms with Gasteiger partial charge in [-0.15, -0.1) is 0 Å². The van der Waals surface area contributed by atoms with E-state index in [4.69, 9.17) is 18.9 Å². The molecule has 0 bridgehead atoms. The Balaban J connectivity index is 1.83. The zero-order valence-corrected chi connectivity index (χ0v) is 40.3. The minimum absolute atomic E-state index is 0.000534. The molecule has 0 aromatic heterocycles. The lowest BCUT2D eigenvalue weighted by Crippen LogP contribution is -2.32. The monoisotopic (exact) mass is 1010 g/mol. The molecule has 1 N–H and O–H groups in total. The van der Waals surface area contributed by atoms with Crippen molar-refractivity contribution in [2.45, 2.75) is 85.8 Å². The van der Waals surface area contributed by atoms with Crippen molar-refractivity contribution < 1.29 is 85.3 Å². The van der Waals surface area contributed by atoms with Gasteiger partial charge in [-0.3, -0.25) is 4.79 Å². The Morgan fingerprint density at radius 1 is 0.697 bits per heavy atom. The first-order chi connectivity index (χ1) is 30.8. The molecule has 370 valence electrons. The normalized spacial score (nSPS) is 19.6. The van der Waals surface area contributed by atoms with E-state index in [1.165, 1.54) is 24.3 Å². The highest BCUT2D eigenvalue weighted by molar-refractivity contribution is 7.86. The highest BCUT2D eigenvalue weighted by Gasteiger charge is 2.48. The van der Waals surface area contributed by atoms with Gasteiger partial charge >= 0.3 is 5.97 Å². The van der Waals surface area contributed by atoms with Crippen molar-refractivity contribution in [3.63, 3.8) is 0 Å². The van der Waals surface area contributed by atoms with Gasteiger partial charge < -0.3 is 47.2 Å². The molecule has 2 unspecified atom stereocenters. The number of unbranched alkanes of at least 4 members (excludes halogenated alkanes) is 2. The average Bonchev–Trinajstić information content (AvgIpc) is 3.57. The Morgan fingerprint density at radius 3 is 1.77 bits per heavy atom. The summed E-state index contributed by atoms with van der Waals surface area (Å²) in [6.45, 7) is 5.92. The number of allylic oxidation sites excluding steroid dienone is 4. The molecule has 2 atom stereocenters. The largest absolute Gasteiger partial charge is 0.748 e. The Kier molecular flexibility index (Phi) is 19.6. The van der Waals surface area contributed by atoms with Crippen LogP contribution in [0.4, 0.5) is 11.4 Å². The lowest BCUT2D eigenvalue weighted by molar-refractivity contribution is -0.438. The van der Waals surface area contributed by atoms with Crippen LogP contribution < -0.4 is 4.90 Å². The Bertz CT molecular complexity index is 2580. The summed E-state index contributed by atoms with van der Waals surface area (Å²) >= 11 is 0. The molecule has 0 amide bonds. The molecule has 2 aliphatic heterocycles. The first-order valence-electron chi connectivity index (χ1n) is 21.1. The van der Waals surface area contributed by atoms with Crippen LogP contribution in [-0.2, 0) is 75.0 Å². The fraction of sp³-hybridized carbons (Fsp3) is 0.571. The maximum Gasteiger partial charge on any atom is 0.303 e. The summed E-state index contributed by atoms with van der Waals surface area (Å²) in [5.74, 6) is -2.45. The fourth-order valence-corrected chi connectivity index (χ4v) is 10.4. The van der Waals surface area contributed by atoms with Gasteiger partial charge in [0.15, 0.2) is 5.71 Å². The zero-order valence-electron chi connectivity index (χ0n) is 37.0. The van der Waals surface area contributed by atoms with E-state index in [0.717, 1.165) is 12.1 Å². The number of anilines is 1. The first kappa shape index (κ1) is 54.9. The van der Waals surface area contributed by atoms with Crippen LogP contribution in [0.5, 0.6) is 0 Å². The summed E-state index contributed by atoms with van der Waals surface area (Å²) in [5.41, 5.74) is 0.262. The number of methoxy groups -OCH3 is 1. The molecule has 0 radical (unpaired) electrons. The van der Waals surface area contributed by atoms with E-state index in [-0.39, 0.29) is 65.0 Å².